The number of tetrazole rings is 1. The molecule has 0 spiro atoms. The van der Waals surface area contributed by atoms with E-state index in [-0.39, 0.29) is 30.6 Å². The van der Waals surface area contributed by atoms with Crippen LogP contribution in [-0.2, 0) is 20.9 Å². The molecule has 0 radical (unpaired) electrons. The van der Waals surface area contributed by atoms with Crippen molar-refractivity contribution < 1.29 is 19.4 Å². The number of aromatic nitrogens is 4. The van der Waals surface area contributed by atoms with Gasteiger partial charge in [-0.25, -0.2) is 0 Å². The fourth-order valence-electron chi connectivity index (χ4n) is 4.39. The van der Waals surface area contributed by atoms with Crippen LogP contribution in [0, 0.1) is 5.92 Å². The third kappa shape index (κ3) is 5.94. The van der Waals surface area contributed by atoms with E-state index < -0.39 is 6.29 Å². The number of carbonyl (C=O) groups excluding carboxylic acids is 1. The van der Waals surface area contributed by atoms with E-state index in [9.17, 15) is 9.90 Å². The molecule has 3 aromatic carbocycles. The molecule has 196 valence electrons. The number of anilines is 1. The zero-order valence-corrected chi connectivity index (χ0v) is 21.9. The fraction of sp³-hybridized carbons (Fsp3) is 0.286. The topological polar surface area (TPSA) is 111 Å². The molecule has 2 N–H and O–H groups in total. The van der Waals surface area contributed by atoms with Gasteiger partial charge in [-0.1, -0.05) is 73.3 Å². The summed E-state index contributed by atoms with van der Waals surface area (Å²) in [5.41, 5.74) is 4.31. The Morgan fingerprint density at radius 1 is 1.00 bits per heavy atom. The van der Waals surface area contributed by atoms with Crippen molar-refractivity contribution in [2.75, 3.05) is 11.1 Å². The molecule has 1 aromatic heterocycles. The summed E-state index contributed by atoms with van der Waals surface area (Å²) in [5, 5.41) is 25.2. The molecular weight excluding hydrogens is 502 g/mol. The van der Waals surface area contributed by atoms with Crippen LogP contribution in [-0.4, -0.2) is 43.1 Å². The minimum absolute atomic E-state index is 0.0108. The molecule has 38 heavy (non-hydrogen) atoms. The third-order valence-corrected chi connectivity index (χ3v) is 7.45. The minimum atomic E-state index is -0.601. The highest BCUT2D eigenvalue weighted by Gasteiger charge is 2.38. The van der Waals surface area contributed by atoms with Gasteiger partial charge in [0.05, 0.1) is 24.5 Å². The lowest BCUT2D eigenvalue weighted by atomic mass is 9.91. The van der Waals surface area contributed by atoms with E-state index in [2.05, 4.69) is 27.8 Å². The van der Waals surface area contributed by atoms with E-state index >= 15 is 0 Å². The molecule has 0 unspecified atom stereocenters. The zero-order chi connectivity index (χ0) is 26.5. The van der Waals surface area contributed by atoms with Gasteiger partial charge in [-0.2, -0.15) is 4.68 Å². The summed E-state index contributed by atoms with van der Waals surface area (Å²) < 4.78 is 14.7. The van der Waals surface area contributed by atoms with Gasteiger partial charge in [-0.15, -0.1) is 5.10 Å². The van der Waals surface area contributed by atoms with Crippen LogP contribution in [0.3, 0.4) is 0 Å². The summed E-state index contributed by atoms with van der Waals surface area (Å²) in [6.45, 7) is 3.58. The fourth-order valence-corrected chi connectivity index (χ4v) is 5.45. The molecule has 4 aromatic rings. The first kappa shape index (κ1) is 26.1. The number of nitrogens with zero attached hydrogens (tertiary/aromatic N) is 4. The Balaban J connectivity index is 1.38. The summed E-state index contributed by atoms with van der Waals surface area (Å²) in [7, 11) is 0. The lowest BCUT2D eigenvalue weighted by molar-refractivity contribution is -0.268. The average molecular weight is 532 g/mol. The van der Waals surface area contributed by atoms with Crippen molar-refractivity contribution >= 4 is 23.4 Å². The number of nitrogens with one attached hydrogen (secondary N) is 1. The summed E-state index contributed by atoms with van der Waals surface area (Å²) in [6.07, 6.45) is -1.000. The Morgan fingerprint density at radius 2 is 1.71 bits per heavy atom. The first-order chi connectivity index (χ1) is 18.5. The summed E-state index contributed by atoms with van der Waals surface area (Å²) >= 11 is 1.53. The van der Waals surface area contributed by atoms with Crippen molar-refractivity contribution in [3.63, 3.8) is 0 Å². The van der Waals surface area contributed by atoms with Crippen LogP contribution in [0.5, 0.6) is 0 Å². The number of para-hydroxylation sites is 1. The number of aliphatic hydroxyl groups excluding tert-OH is 1. The van der Waals surface area contributed by atoms with Crippen molar-refractivity contribution in [2.45, 2.75) is 44.1 Å². The Kier molecular flexibility index (Phi) is 8.14. The molecule has 1 saturated heterocycles. The van der Waals surface area contributed by atoms with Crippen molar-refractivity contribution in [3.05, 3.63) is 95.6 Å². The molecule has 1 aliphatic heterocycles. The quantitative estimate of drug-likeness (QED) is 0.315. The number of thioether (sulfide) groups is 1. The van der Waals surface area contributed by atoms with Crippen LogP contribution in [0.2, 0.25) is 0 Å². The highest BCUT2D eigenvalue weighted by molar-refractivity contribution is 7.99. The van der Waals surface area contributed by atoms with Crippen molar-refractivity contribution in [1.29, 1.82) is 0 Å². The van der Waals surface area contributed by atoms with Crippen LogP contribution in [0.1, 0.15) is 42.9 Å². The maximum absolute atomic E-state index is 11.4. The van der Waals surface area contributed by atoms with Gasteiger partial charge in [0.2, 0.25) is 11.1 Å². The number of amides is 1. The van der Waals surface area contributed by atoms with Crippen molar-refractivity contribution in [1.82, 2.24) is 20.2 Å². The Labute approximate surface area is 225 Å². The van der Waals surface area contributed by atoms with E-state index in [1.165, 1.54) is 18.7 Å². The number of aliphatic hydroxyl groups is 1. The molecule has 2 heterocycles. The number of carbonyl (C=O) groups is 1. The van der Waals surface area contributed by atoms with Crippen LogP contribution in [0.4, 0.5) is 5.69 Å². The number of rotatable bonds is 8. The van der Waals surface area contributed by atoms with Gasteiger partial charge in [0.1, 0.15) is 0 Å². The van der Waals surface area contributed by atoms with E-state index in [1.54, 1.807) is 4.68 Å². The predicted octanol–water partition coefficient (Wildman–Crippen LogP) is 4.70. The van der Waals surface area contributed by atoms with Gasteiger partial charge in [-0.3, -0.25) is 4.79 Å². The maximum atomic E-state index is 11.4. The second kappa shape index (κ2) is 11.9. The zero-order valence-electron chi connectivity index (χ0n) is 21.1. The maximum Gasteiger partial charge on any atom is 0.221 e. The van der Waals surface area contributed by atoms with Gasteiger partial charge < -0.3 is 19.9 Å². The molecule has 0 saturated carbocycles. The molecule has 0 aliphatic carbocycles. The van der Waals surface area contributed by atoms with E-state index in [0.29, 0.717) is 16.6 Å². The van der Waals surface area contributed by atoms with Gasteiger partial charge in [0, 0.05) is 29.8 Å². The van der Waals surface area contributed by atoms with Crippen LogP contribution in [0.25, 0.3) is 5.69 Å². The summed E-state index contributed by atoms with van der Waals surface area (Å²) in [6, 6.07) is 25.1. The van der Waals surface area contributed by atoms with Gasteiger partial charge >= 0.3 is 0 Å². The molecule has 1 aliphatic rings. The second-order valence-corrected chi connectivity index (χ2v) is 10.1. The lowest BCUT2D eigenvalue weighted by Crippen LogP contribution is -2.38. The van der Waals surface area contributed by atoms with Crippen LogP contribution < -0.4 is 5.32 Å². The largest absolute Gasteiger partial charge is 0.392 e. The Bertz CT molecular complexity index is 1350. The molecule has 5 rings (SSSR count). The molecule has 4 atom stereocenters. The number of benzene rings is 3. The number of hydrogen-bond donors (Lipinski definition) is 2. The van der Waals surface area contributed by atoms with Crippen molar-refractivity contribution in [3.8, 4) is 5.69 Å². The van der Waals surface area contributed by atoms with Gasteiger partial charge in [-0.05, 0) is 45.8 Å². The van der Waals surface area contributed by atoms with E-state index in [1.807, 2.05) is 78.9 Å². The summed E-state index contributed by atoms with van der Waals surface area (Å²) in [5.74, 6) is 0.514. The molecule has 1 fully saturated rings. The summed E-state index contributed by atoms with van der Waals surface area (Å²) in [4.78, 5) is 11.4. The Morgan fingerprint density at radius 3 is 2.39 bits per heavy atom. The Hall–Kier alpha value is -3.57. The average Bonchev–Trinajstić information content (AvgIpc) is 3.42. The van der Waals surface area contributed by atoms with Gasteiger partial charge in [0.25, 0.3) is 0 Å². The molecular formula is C28H29N5O4S. The number of ether oxygens (including phenoxy) is 2. The van der Waals surface area contributed by atoms with Crippen molar-refractivity contribution in [2.24, 2.45) is 5.92 Å². The molecule has 1 amide bonds. The normalized spacial score (nSPS) is 21.2. The lowest BCUT2D eigenvalue weighted by Gasteiger charge is -2.41. The smallest absolute Gasteiger partial charge is 0.221 e. The van der Waals surface area contributed by atoms with E-state index in [0.717, 1.165) is 22.4 Å². The highest BCUT2D eigenvalue weighted by Crippen LogP contribution is 2.43. The monoisotopic (exact) mass is 531 g/mol. The van der Waals surface area contributed by atoms with Crippen LogP contribution in [0.15, 0.2) is 84.0 Å². The third-order valence-electron chi connectivity index (χ3n) is 6.44. The predicted molar refractivity (Wildman–Crippen MR) is 144 cm³/mol. The second-order valence-electron chi connectivity index (χ2n) is 9.14. The van der Waals surface area contributed by atoms with Gasteiger partial charge in [0.15, 0.2) is 6.29 Å². The highest BCUT2D eigenvalue weighted by atomic mass is 32.2. The minimum Gasteiger partial charge on any atom is -0.392 e. The molecule has 10 heteroatoms. The molecule has 0 bridgehead atoms. The SMILES string of the molecule is CC(=O)Nc1ccc([C@@H]2O[C@H](CSc3nnnn3-c3ccccc3)[C@H](C)[C@H](c3ccc(CO)cc3)O2)cc1. The number of hydrogen-bond acceptors (Lipinski definition) is 8. The standard InChI is InChI=1S/C28H29N5O4S/c1-18-25(17-38-28-30-31-32-33(28)24-6-4-3-5-7-24)36-27(22-12-14-23(15-13-22)29-19(2)35)37-26(18)21-10-8-20(16-34)9-11-21/h3-15,18,25-27,34H,16-17H2,1-2H3,(H,29,35)/t18-,25+,26+,27+/m0/s1. The van der Waals surface area contributed by atoms with Crippen LogP contribution >= 0.6 is 11.8 Å². The first-order valence-corrected chi connectivity index (χ1v) is 13.3. The van der Waals surface area contributed by atoms with E-state index in [4.69, 9.17) is 9.47 Å². The first-order valence-electron chi connectivity index (χ1n) is 12.4. The molecule has 9 nitrogen and oxygen atoms in total.